The summed E-state index contributed by atoms with van der Waals surface area (Å²) >= 11 is -0.826. The van der Waals surface area contributed by atoms with E-state index in [4.69, 9.17) is 17.0 Å². The molecule has 2 radical (unpaired) electrons. The molecule has 0 unspecified atom stereocenters. The third kappa shape index (κ3) is 9.40. The summed E-state index contributed by atoms with van der Waals surface area (Å²) in [6.45, 7) is 17.7. The van der Waals surface area contributed by atoms with Crippen molar-refractivity contribution in [3.05, 3.63) is 142 Å². The molecule has 0 N–H and O–H groups in total. The van der Waals surface area contributed by atoms with Gasteiger partial charge < -0.3 is 0 Å². The molecule has 0 spiro atoms. The zero-order chi connectivity index (χ0) is 32.2. The molecule has 0 heterocycles. The van der Waals surface area contributed by atoms with Gasteiger partial charge in [-0.3, -0.25) is 0 Å². The molecule has 0 saturated carbocycles. The van der Waals surface area contributed by atoms with Crippen LogP contribution in [-0.4, -0.2) is 9.52 Å². The van der Waals surface area contributed by atoms with Crippen LogP contribution in [0.1, 0.15) is 58.4 Å². The Kier molecular flexibility index (Phi) is 14.9. The average molecular weight is 715 g/mol. The van der Waals surface area contributed by atoms with Gasteiger partial charge in [0.25, 0.3) is 0 Å². The largest absolute Gasteiger partial charge is 0.121 e. The van der Waals surface area contributed by atoms with E-state index in [9.17, 15) is 0 Å². The smallest absolute Gasteiger partial charge is 0.0631 e. The van der Waals surface area contributed by atoms with Gasteiger partial charge in [0.1, 0.15) is 9.52 Å². The monoisotopic (exact) mass is 712 g/mol. The second kappa shape index (κ2) is 18.1. The molecule has 6 rings (SSSR count). The number of halogens is 2. The fourth-order valence-corrected chi connectivity index (χ4v) is 6.69. The number of hydrogen-bond donors (Lipinski definition) is 0. The molecule has 0 aliphatic heterocycles. The van der Waals surface area contributed by atoms with Crippen molar-refractivity contribution in [3.63, 3.8) is 0 Å². The predicted octanol–water partition coefficient (Wildman–Crippen LogP) is 10.8. The molecule has 226 valence electrons. The topological polar surface area (TPSA) is 0 Å². The Morgan fingerprint density at radius 3 is 1.20 bits per heavy atom. The van der Waals surface area contributed by atoms with E-state index in [1.165, 1.54) is 76.4 Å². The Labute approximate surface area is 287 Å². The van der Waals surface area contributed by atoms with E-state index in [1.807, 2.05) is 0 Å². The Morgan fingerprint density at radius 1 is 0.545 bits per heavy atom. The molecule has 0 aromatic heterocycles. The maximum Gasteiger partial charge on any atom is 0.121 e. The molecular formula is C40H44Cl2SiZr. The number of fused-ring (bicyclic) bond motifs is 2. The van der Waals surface area contributed by atoms with E-state index in [2.05, 4.69) is 152 Å². The number of rotatable bonds is 4. The summed E-state index contributed by atoms with van der Waals surface area (Å²) in [6.07, 6.45) is 2.25. The molecule has 0 aliphatic rings. The molecule has 0 bridgehead atoms. The van der Waals surface area contributed by atoms with Gasteiger partial charge in [-0.15, -0.1) is 68.1 Å². The van der Waals surface area contributed by atoms with Crippen LogP contribution >= 0.6 is 17.0 Å². The Balaban J connectivity index is 0.000000173. The zero-order valence-electron chi connectivity index (χ0n) is 27.4. The van der Waals surface area contributed by atoms with Gasteiger partial charge in [0.05, 0.1) is 0 Å². The molecule has 0 fully saturated rings. The summed E-state index contributed by atoms with van der Waals surface area (Å²) in [4.78, 5) is 0. The van der Waals surface area contributed by atoms with Crippen molar-refractivity contribution >= 4 is 58.5 Å². The van der Waals surface area contributed by atoms with Gasteiger partial charge in [-0.2, -0.15) is 11.1 Å². The van der Waals surface area contributed by atoms with Gasteiger partial charge in [0, 0.05) is 0 Å². The minimum Gasteiger partial charge on any atom is -0.0631 e. The first-order valence-electron chi connectivity index (χ1n) is 15.3. The summed E-state index contributed by atoms with van der Waals surface area (Å²) in [5.41, 5.74) is 11.5. The second-order valence-electron chi connectivity index (χ2n) is 11.2. The van der Waals surface area contributed by atoms with Crippen molar-refractivity contribution in [3.8, 4) is 0 Å². The quantitative estimate of drug-likeness (QED) is 0.126. The van der Waals surface area contributed by atoms with Crippen LogP contribution in [0.5, 0.6) is 0 Å². The Hall–Kier alpha value is -2.22. The fraction of sp³-hybridized carbons (Fsp3) is 0.250. The summed E-state index contributed by atoms with van der Waals surface area (Å²) in [7, 11) is 10.6. The predicted molar refractivity (Wildman–Crippen MR) is 196 cm³/mol. The van der Waals surface area contributed by atoms with Crippen LogP contribution in [0.15, 0.2) is 97.1 Å². The summed E-state index contributed by atoms with van der Waals surface area (Å²) in [6, 6.07) is 34.8. The maximum atomic E-state index is 4.93. The standard InChI is InChI=1S/2C14H17.C12H10Si.2ClH.Zr/c2*1-5-12-7-6-9(2)13-8-10(3)11(4)14(12)13;1-3-7-11(8-4-1)13-12-9-5-2-6-10-12;;;/h2*6-8H,5H2,1-4H3;1-10H;2*1H;/q2*-1;;;;+4/p-2. The maximum absolute atomic E-state index is 4.93. The summed E-state index contributed by atoms with van der Waals surface area (Å²) in [5.74, 6) is 0. The SMILES string of the molecule is CCc1ccc(C)c2[cH-]c(C)c(C)c12.CCc1ccc(C)c2[cH-]c(C)c(C)c12.[Cl][Zr+2][Cl].c1ccc([Si]c2ccccc2)cc1. The molecular weight excluding hydrogens is 671 g/mol. The van der Waals surface area contributed by atoms with E-state index >= 15 is 0 Å². The number of hydrogen-bond acceptors (Lipinski definition) is 0. The van der Waals surface area contributed by atoms with Gasteiger partial charge in [-0.25, -0.2) is 0 Å². The van der Waals surface area contributed by atoms with Crippen LogP contribution in [0, 0.1) is 41.5 Å². The Morgan fingerprint density at radius 2 is 0.886 bits per heavy atom. The van der Waals surface area contributed by atoms with E-state index in [0.717, 1.165) is 22.4 Å². The molecule has 6 aromatic carbocycles. The van der Waals surface area contributed by atoms with Crippen molar-refractivity contribution in [2.24, 2.45) is 0 Å². The van der Waals surface area contributed by atoms with Gasteiger partial charge >= 0.3 is 37.9 Å². The van der Waals surface area contributed by atoms with E-state index < -0.39 is 20.8 Å². The number of aryl methyl sites for hydroxylation is 8. The Bertz CT molecular complexity index is 1620. The third-order valence-corrected chi connectivity index (χ3v) is 9.60. The van der Waals surface area contributed by atoms with Crippen molar-refractivity contribution < 1.29 is 20.8 Å². The summed E-state index contributed by atoms with van der Waals surface area (Å²) in [5, 5.41) is 8.66. The summed E-state index contributed by atoms with van der Waals surface area (Å²) < 4.78 is 0. The van der Waals surface area contributed by atoms with Crippen LogP contribution < -0.4 is 10.4 Å². The van der Waals surface area contributed by atoms with Crippen molar-refractivity contribution in [2.45, 2.75) is 68.2 Å². The average Bonchev–Trinajstić information content (AvgIpc) is 3.51. The van der Waals surface area contributed by atoms with E-state index in [1.54, 1.807) is 0 Å². The molecule has 0 atom stereocenters. The van der Waals surface area contributed by atoms with Crippen LogP contribution in [0.4, 0.5) is 0 Å². The molecule has 0 aliphatic carbocycles. The van der Waals surface area contributed by atoms with Gasteiger partial charge in [-0.05, 0) is 12.8 Å². The van der Waals surface area contributed by atoms with E-state index in [0.29, 0.717) is 0 Å². The van der Waals surface area contributed by atoms with Crippen molar-refractivity contribution in [2.75, 3.05) is 0 Å². The fourth-order valence-electron chi connectivity index (χ4n) is 5.64. The third-order valence-electron chi connectivity index (χ3n) is 8.35. The van der Waals surface area contributed by atoms with Crippen LogP contribution in [0.2, 0.25) is 0 Å². The minimum atomic E-state index is -0.826. The molecule has 4 heteroatoms. The van der Waals surface area contributed by atoms with Gasteiger partial charge in [0.2, 0.25) is 0 Å². The first-order valence-corrected chi connectivity index (χ1v) is 22.6. The van der Waals surface area contributed by atoms with Crippen LogP contribution in [0.25, 0.3) is 21.5 Å². The second-order valence-corrected chi connectivity index (χ2v) is 16.3. The first-order chi connectivity index (χ1) is 21.2. The normalized spacial score (nSPS) is 10.2. The minimum absolute atomic E-state index is 0.777. The van der Waals surface area contributed by atoms with Gasteiger partial charge in [0.15, 0.2) is 0 Å². The molecule has 44 heavy (non-hydrogen) atoms. The van der Waals surface area contributed by atoms with E-state index in [-0.39, 0.29) is 0 Å². The van der Waals surface area contributed by atoms with Crippen molar-refractivity contribution in [1.82, 2.24) is 0 Å². The van der Waals surface area contributed by atoms with Crippen LogP contribution in [-0.2, 0) is 33.7 Å². The van der Waals surface area contributed by atoms with Crippen LogP contribution in [0.3, 0.4) is 0 Å². The van der Waals surface area contributed by atoms with Gasteiger partial charge in [-0.1, -0.05) is 150 Å². The molecule has 0 amide bonds. The molecule has 0 saturated heterocycles. The number of benzene rings is 4. The molecule has 0 nitrogen and oxygen atoms in total. The van der Waals surface area contributed by atoms with Crippen molar-refractivity contribution in [1.29, 1.82) is 0 Å². The first kappa shape index (κ1) is 36.3. The molecule has 6 aromatic rings. The zero-order valence-corrected chi connectivity index (χ0v) is 32.4.